The maximum atomic E-state index is 13.9. The van der Waals surface area contributed by atoms with Crippen molar-refractivity contribution in [2.45, 2.75) is 44.7 Å². The van der Waals surface area contributed by atoms with Gasteiger partial charge in [-0.15, -0.1) is 0 Å². The monoisotopic (exact) mass is 537 g/mol. The first kappa shape index (κ1) is 28.7. The summed E-state index contributed by atoms with van der Waals surface area (Å²) in [5, 5.41) is 2.84. The summed E-state index contributed by atoms with van der Waals surface area (Å²) < 4.78 is 33.8. The number of carbonyl (C=O) groups is 2. The second kappa shape index (κ2) is 13.1. The Morgan fingerprint density at radius 3 is 2.18 bits per heavy atom. The lowest BCUT2D eigenvalue weighted by atomic mass is 10.1. The molecule has 0 saturated heterocycles. The number of methoxy groups -OCH3 is 1. The number of nitrogens with zero attached hydrogens (tertiary/aromatic N) is 2. The van der Waals surface area contributed by atoms with Crippen LogP contribution < -0.4 is 14.4 Å². The average molecular weight is 538 g/mol. The van der Waals surface area contributed by atoms with Crippen LogP contribution in [0.25, 0.3) is 0 Å². The Balaban J connectivity index is 2.02. The second-order valence-electron chi connectivity index (χ2n) is 8.94. The smallest absolute Gasteiger partial charge is 0.264 e. The van der Waals surface area contributed by atoms with Gasteiger partial charge >= 0.3 is 0 Å². The number of anilines is 1. The standard InChI is InChI=1S/C29H35N3O5S/c1-5-19-30-29(34)23(3)31(20-24-12-10-9-11-22(24)2)28(33)21-32(25-15-17-26(37-4)18-16-25)38(35,36)27-13-7-6-8-14-27/h6-18,23H,5,19-21H2,1-4H3,(H,30,34)/t23-/m0/s1. The molecule has 3 aromatic carbocycles. The van der Waals surface area contributed by atoms with Gasteiger partial charge in [0.1, 0.15) is 18.3 Å². The third kappa shape index (κ3) is 6.92. The van der Waals surface area contributed by atoms with Crippen molar-refractivity contribution >= 4 is 27.5 Å². The molecule has 0 spiro atoms. The summed E-state index contributed by atoms with van der Waals surface area (Å²) in [6.07, 6.45) is 0.755. The van der Waals surface area contributed by atoms with Gasteiger partial charge in [-0.1, -0.05) is 49.4 Å². The number of aryl methyl sites for hydroxylation is 1. The molecule has 0 fully saturated rings. The van der Waals surface area contributed by atoms with Crippen molar-refractivity contribution in [2.24, 2.45) is 0 Å². The van der Waals surface area contributed by atoms with Gasteiger partial charge < -0.3 is 15.0 Å². The van der Waals surface area contributed by atoms with E-state index < -0.39 is 28.5 Å². The van der Waals surface area contributed by atoms with Crippen molar-refractivity contribution < 1.29 is 22.7 Å². The molecule has 0 bridgehead atoms. The molecule has 3 aromatic rings. The molecule has 0 radical (unpaired) electrons. The summed E-state index contributed by atoms with van der Waals surface area (Å²) in [4.78, 5) is 28.3. The van der Waals surface area contributed by atoms with Gasteiger partial charge in [0, 0.05) is 13.1 Å². The summed E-state index contributed by atoms with van der Waals surface area (Å²) in [7, 11) is -2.58. The predicted molar refractivity (Wildman–Crippen MR) is 148 cm³/mol. The number of ether oxygens (including phenoxy) is 1. The van der Waals surface area contributed by atoms with Crippen molar-refractivity contribution in [3.63, 3.8) is 0 Å². The molecule has 0 aliphatic heterocycles. The van der Waals surface area contributed by atoms with Crippen molar-refractivity contribution in [2.75, 3.05) is 24.5 Å². The highest BCUT2D eigenvalue weighted by molar-refractivity contribution is 7.92. The quantitative estimate of drug-likeness (QED) is 0.375. The summed E-state index contributed by atoms with van der Waals surface area (Å²) >= 11 is 0. The number of amides is 2. The van der Waals surface area contributed by atoms with Crippen LogP contribution in [0.4, 0.5) is 5.69 Å². The van der Waals surface area contributed by atoms with Crippen LogP contribution in [0.3, 0.4) is 0 Å². The lowest BCUT2D eigenvalue weighted by Crippen LogP contribution is -2.51. The lowest BCUT2D eigenvalue weighted by Gasteiger charge is -2.32. The van der Waals surface area contributed by atoms with E-state index in [4.69, 9.17) is 4.74 Å². The average Bonchev–Trinajstić information content (AvgIpc) is 2.94. The fourth-order valence-corrected chi connectivity index (χ4v) is 5.38. The van der Waals surface area contributed by atoms with E-state index in [1.807, 2.05) is 38.1 Å². The van der Waals surface area contributed by atoms with Crippen molar-refractivity contribution in [1.82, 2.24) is 10.2 Å². The molecule has 0 aliphatic rings. The highest BCUT2D eigenvalue weighted by atomic mass is 32.2. The lowest BCUT2D eigenvalue weighted by molar-refractivity contribution is -0.139. The summed E-state index contributed by atoms with van der Waals surface area (Å²) in [6, 6.07) is 21.2. The molecule has 2 amide bonds. The molecule has 9 heteroatoms. The number of nitrogens with one attached hydrogen (secondary N) is 1. The van der Waals surface area contributed by atoms with Crippen molar-refractivity contribution in [3.8, 4) is 5.75 Å². The Labute approximate surface area is 225 Å². The Kier molecular flexibility index (Phi) is 9.90. The molecule has 38 heavy (non-hydrogen) atoms. The fraction of sp³-hybridized carbons (Fsp3) is 0.310. The Morgan fingerprint density at radius 1 is 0.947 bits per heavy atom. The largest absolute Gasteiger partial charge is 0.497 e. The number of hydrogen-bond donors (Lipinski definition) is 1. The molecule has 0 heterocycles. The molecule has 1 N–H and O–H groups in total. The molecule has 3 rings (SSSR count). The Bertz CT molecular complexity index is 1330. The van der Waals surface area contributed by atoms with Crippen LogP contribution in [0, 0.1) is 6.92 Å². The zero-order valence-electron chi connectivity index (χ0n) is 22.3. The zero-order valence-corrected chi connectivity index (χ0v) is 23.1. The van der Waals surface area contributed by atoms with E-state index in [0.29, 0.717) is 18.0 Å². The third-order valence-electron chi connectivity index (χ3n) is 6.29. The topological polar surface area (TPSA) is 96.0 Å². The van der Waals surface area contributed by atoms with Crippen LogP contribution in [0.2, 0.25) is 0 Å². The maximum absolute atomic E-state index is 13.9. The van der Waals surface area contributed by atoms with Gasteiger partial charge in [-0.3, -0.25) is 13.9 Å². The summed E-state index contributed by atoms with van der Waals surface area (Å²) in [5.41, 5.74) is 2.15. The van der Waals surface area contributed by atoms with E-state index in [0.717, 1.165) is 21.9 Å². The Morgan fingerprint density at radius 2 is 1.58 bits per heavy atom. The molecule has 8 nitrogen and oxygen atoms in total. The van der Waals surface area contributed by atoms with Crippen LogP contribution in [0.5, 0.6) is 5.75 Å². The van der Waals surface area contributed by atoms with E-state index in [1.165, 1.54) is 24.1 Å². The van der Waals surface area contributed by atoms with E-state index in [1.54, 1.807) is 49.4 Å². The molecule has 1 atom stereocenters. The highest BCUT2D eigenvalue weighted by Gasteiger charge is 2.32. The van der Waals surface area contributed by atoms with E-state index in [-0.39, 0.29) is 17.3 Å². The summed E-state index contributed by atoms with van der Waals surface area (Å²) in [5.74, 6) is -0.238. The molecule has 0 aliphatic carbocycles. The maximum Gasteiger partial charge on any atom is 0.264 e. The fourth-order valence-electron chi connectivity index (χ4n) is 3.95. The van der Waals surface area contributed by atoms with Gasteiger partial charge in [0.05, 0.1) is 17.7 Å². The minimum absolute atomic E-state index is 0.0582. The molecular weight excluding hydrogens is 502 g/mol. The SMILES string of the molecule is CCCNC(=O)[C@H](C)N(Cc1ccccc1C)C(=O)CN(c1ccc(OC)cc1)S(=O)(=O)c1ccccc1. The van der Waals surface area contributed by atoms with Gasteiger partial charge in [0.15, 0.2) is 0 Å². The zero-order chi connectivity index (χ0) is 27.7. The van der Waals surface area contributed by atoms with Crippen molar-refractivity contribution in [3.05, 3.63) is 90.0 Å². The van der Waals surface area contributed by atoms with Crippen LogP contribution in [-0.4, -0.2) is 51.4 Å². The first-order valence-electron chi connectivity index (χ1n) is 12.5. The van der Waals surface area contributed by atoms with Crippen LogP contribution >= 0.6 is 0 Å². The highest BCUT2D eigenvalue weighted by Crippen LogP contribution is 2.26. The third-order valence-corrected chi connectivity index (χ3v) is 8.08. The molecule has 0 saturated carbocycles. The molecular formula is C29H35N3O5S. The first-order valence-corrected chi connectivity index (χ1v) is 14.0. The van der Waals surface area contributed by atoms with Gasteiger partial charge in [0.2, 0.25) is 11.8 Å². The van der Waals surface area contributed by atoms with Gasteiger partial charge in [-0.05, 0) is 67.8 Å². The first-order chi connectivity index (χ1) is 18.2. The second-order valence-corrected chi connectivity index (χ2v) is 10.8. The number of hydrogen-bond acceptors (Lipinski definition) is 5. The van der Waals surface area contributed by atoms with Crippen LogP contribution in [0.1, 0.15) is 31.4 Å². The van der Waals surface area contributed by atoms with Crippen LogP contribution in [-0.2, 0) is 26.2 Å². The molecule has 0 unspecified atom stereocenters. The van der Waals surface area contributed by atoms with E-state index in [2.05, 4.69) is 5.32 Å². The van der Waals surface area contributed by atoms with Gasteiger partial charge in [-0.25, -0.2) is 8.42 Å². The number of carbonyl (C=O) groups excluding carboxylic acids is 2. The Hall–Kier alpha value is -3.85. The van der Waals surface area contributed by atoms with E-state index in [9.17, 15) is 18.0 Å². The molecule has 0 aromatic heterocycles. The predicted octanol–water partition coefficient (Wildman–Crippen LogP) is 4.14. The summed E-state index contributed by atoms with van der Waals surface area (Å²) in [6.45, 7) is 5.70. The normalized spacial score (nSPS) is 11.9. The number of benzene rings is 3. The van der Waals surface area contributed by atoms with Gasteiger partial charge in [-0.2, -0.15) is 0 Å². The van der Waals surface area contributed by atoms with Crippen molar-refractivity contribution in [1.29, 1.82) is 0 Å². The van der Waals surface area contributed by atoms with Gasteiger partial charge in [0.25, 0.3) is 10.0 Å². The minimum atomic E-state index is -4.10. The molecule has 202 valence electrons. The minimum Gasteiger partial charge on any atom is -0.497 e. The van der Waals surface area contributed by atoms with E-state index >= 15 is 0 Å². The number of rotatable bonds is 12. The van der Waals surface area contributed by atoms with Crippen LogP contribution in [0.15, 0.2) is 83.8 Å². The number of sulfonamides is 1.